The third-order valence-corrected chi connectivity index (χ3v) is 4.42. The zero-order chi connectivity index (χ0) is 19.9. The van der Waals surface area contributed by atoms with Crippen LogP contribution < -0.4 is 4.74 Å². The van der Waals surface area contributed by atoms with Crippen LogP contribution in [0, 0.1) is 19.3 Å². The SMILES string of the molecule is Cc1cc(C(=O)N2CCC(C(=O)O)(C(F)(F)F)C2)cc(C)c1OC(F)F. The average Bonchev–Trinajstić information content (AvgIpc) is 2.96. The Kier molecular flexibility index (Phi) is 5.16. The maximum atomic E-state index is 13.2. The molecule has 1 atom stereocenters. The number of halogens is 5. The molecule has 5 nitrogen and oxygen atoms in total. The van der Waals surface area contributed by atoms with Crippen molar-refractivity contribution in [2.45, 2.75) is 33.1 Å². The first-order chi connectivity index (χ1) is 11.9. The van der Waals surface area contributed by atoms with Gasteiger partial charge in [-0.05, 0) is 43.5 Å². The van der Waals surface area contributed by atoms with Crippen LogP contribution in [0.15, 0.2) is 12.1 Å². The van der Waals surface area contributed by atoms with E-state index in [1.54, 1.807) is 0 Å². The van der Waals surface area contributed by atoms with Crippen LogP contribution in [-0.4, -0.2) is 47.8 Å². The Bertz CT molecular complexity index is 711. The number of aliphatic carboxylic acids is 1. The molecule has 1 N–H and O–H groups in total. The number of amides is 1. The van der Waals surface area contributed by atoms with Crippen molar-refractivity contribution in [2.75, 3.05) is 13.1 Å². The van der Waals surface area contributed by atoms with Crippen molar-refractivity contribution in [1.82, 2.24) is 4.90 Å². The van der Waals surface area contributed by atoms with Crippen LogP contribution in [0.5, 0.6) is 5.75 Å². The second kappa shape index (κ2) is 6.73. The summed E-state index contributed by atoms with van der Waals surface area (Å²) >= 11 is 0. The zero-order valence-corrected chi connectivity index (χ0v) is 13.9. The molecule has 0 saturated carbocycles. The van der Waals surface area contributed by atoms with Gasteiger partial charge in [0.2, 0.25) is 0 Å². The fourth-order valence-electron chi connectivity index (χ4n) is 3.04. The van der Waals surface area contributed by atoms with Gasteiger partial charge in [0.25, 0.3) is 5.91 Å². The van der Waals surface area contributed by atoms with E-state index in [0.717, 1.165) is 4.90 Å². The quantitative estimate of drug-likeness (QED) is 0.812. The van der Waals surface area contributed by atoms with Gasteiger partial charge < -0.3 is 14.7 Å². The number of benzene rings is 1. The molecule has 0 radical (unpaired) electrons. The van der Waals surface area contributed by atoms with E-state index in [9.17, 15) is 31.5 Å². The highest BCUT2D eigenvalue weighted by Gasteiger charge is 2.64. The topological polar surface area (TPSA) is 66.8 Å². The summed E-state index contributed by atoms with van der Waals surface area (Å²) in [6.07, 6.45) is -5.75. The van der Waals surface area contributed by atoms with Gasteiger partial charge in [-0.1, -0.05) is 0 Å². The number of likely N-dealkylation sites (tertiary alicyclic amines) is 1. The summed E-state index contributed by atoms with van der Waals surface area (Å²) in [5.41, 5.74) is -2.60. The molecule has 1 aromatic rings. The third kappa shape index (κ3) is 3.45. The fourth-order valence-corrected chi connectivity index (χ4v) is 3.04. The van der Waals surface area contributed by atoms with Gasteiger partial charge in [-0.25, -0.2) is 0 Å². The lowest BCUT2D eigenvalue weighted by Crippen LogP contribution is -2.47. The van der Waals surface area contributed by atoms with Gasteiger partial charge in [0.15, 0.2) is 5.41 Å². The molecular formula is C16H16F5NO4. The van der Waals surface area contributed by atoms with E-state index in [4.69, 9.17) is 5.11 Å². The minimum absolute atomic E-state index is 0.0232. The van der Waals surface area contributed by atoms with Crippen molar-refractivity contribution in [3.8, 4) is 5.75 Å². The molecule has 1 aliphatic heterocycles. The van der Waals surface area contributed by atoms with Crippen LogP contribution in [0.1, 0.15) is 27.9 Å². The highest BCUT2D eigenvalue weighted by Crippen LogP contribution is 2.46. The molecule has 0 spiro atoms. The highest BCUT2D eigenvalue weighted by molar-refractivity contribution is 5.95. The van der Waals surface area contributed by atoms with Crippen molar-refractivity contribution in [3.05, 3.63) is 28.8 Å². The molecule has 2 rings (SSSR count). The van der Waals surface area contributed by atoms with Gasteiger partial charge >= 0.3 is 18.8 Å². The Morgan fingerprint density at radius 1 is 1.23 bits per heavy atom. The Morgan fingerprint density at radius 2 is 1.77 bits per heavy atom. The molecule has 144 valence electrons. The van der Waals surface area contributed by atoms with Gasteiger partial charge in [-0.2, -0.15) is 22.0 Å². The van der Waals surface area contributed by atoms with Gasteiger partial charge in [-0.3, -0.25) is 9.59 Å². The van der Waals surface area contributed by atoms with Gasteiger partial charge in [0.05, 0.1) is 0 Å². The van der Waals surface area contributed by atoms with Crippen LogP contribution in [0.25, 0.3) is 0 Å². The van der Waals surface area contributed by atoms with Crippen LogP contribution in [-0.2, 0) is 4.79 Å². The number of carbonyl (C=O) groups is 2. The normalized spacial score (nSPS) is 20.5. The second-order valence-electron chi connectivity index (χ2n) is 6.18. The number of hydrogen-bond acceptors (Lipinski definition) is 3. The predicted octanol–water partition coefficient (Wildman–Crippen LogP) is 3.38. The molecule has 0 bridgehead atoms. The molecule has 1 saturated heterocycles. The van der Waals surface area contributed by atoms with E-state index in [2.05, 4.69) is 4.74 Å². The maximum absolute atomic E-state index is 13.2. The average molecular weight is 381 g/mol. The summed E-state index contributed by atoms with van der Waals surface area (Å²) in [6.45, 7) is -1.60. The van der Waals surface area contributed by atoms with Crippen LogP contribution in [0.3, 0.4) is 0 Å². The molecular weight excluding hydrogens is 365 g/mol. The number of nitrogens with zero attached hydrogens (tertiary/aromatic N) is 1. The summed E-state index contributed by atoms with van der Waals surface area (Å²) in [4.78, 5) is 24.5. The smallest absolute Gasteiger partial charge is 0.406 e. The van der Waals surface area contributed by atoms with E-state index in [1.807, 2.05) is 0 Å². The number of hydrogen-bond donors (Lipinski definition) is 1. The largest absolute Gasteiger partial charge is 0.481 e. The number of carboxylic acid groups (broad SMARTS) is 1. The van der Waals surface area contributed by atoms with Gasteiger partial charge in [-0.15, -0.1) is 0 Å². The highest BCUT2D eigenvalue weighted by atomic mass is 19.4. The third-order valence-electron chi connectivity index (χ3n) is 4.42. The van der Waals surface area contributed by atoms with Gasteiger partial charge in [0.1, 0.15) is 5.75 Å². The molecule has 1 aliphatic rings. The zero-order valence-electron chi connectivity index (χ0n) is 13.9. The number of aryl methyl sites for hydroxylation is 2. The van der Waals surface area contributed by atoms with E-state index < -0.39 is 43.0 Å². The van der Waals surface area contributed by atoms with Crippen LogP contribution >= 0.6 is 0 Å². The molecule has 10 heteroatoms. The molecule has 1 heterocycles. The van der Waals surface area contributed by atoms with E-state index in [1.165, 1.54) is 26.0 Å². The summed E-state index contributed by atoms with van der Waals surface area (Å²) in [6, 6.07) is 2.45. The summed E-state index contributed by atoms with van der Waals surface area (Å²) in [5.74, 6) is -2.95. The number of ether oxygens (including phenoxy) is 1. The monoisotopic (exact) mass is 381 g/mol. The second-order valence-corrected chi connectivity index (χ2v) is 6.18. The first kappa shape index (κ1) is 19.9. The Labute approximate surface area is 145 Å². The lowest BCUT2D eigenvalue weighted by Gasteiger charge is -2.27. The van der Waals surface area contributed by atoms with Crippen molar-refractivity contribution in [3.63, 3.8) is 0 Å². The molecule has 1 amide bonds. The standard InChI is InChI=1S/C16H16F5NO4/c1-8-5-10(6-9(2)11(8)26-14(17)18)12(23)22-4-3-15(7-22,13(24)25)16(19,20)21/h5-6,14H,3-4,7H2,1-2H3,(H,24,25). The lowest BCUT2D eigenvalue weighted by atomic mass is 9.86. The van der Waals surface area contributed by atoms with E-state index in [0.29, 0.717) is 0 Å². The first-order valence-electron chi connectivity index (χ1n) is 7.54. The van der Waals surface area contributed by atoms with Crippen LogP contribution in [0.2, 0.25) is 0 Å². The molecule has 1 aromatic carbocycles. The summed E-state index contributed by atoms with van der Waals surface area (Å²) in [5, 5.41) is 9.03. The van der Waals surface area contributed by atoms with Crippen molar-refractivity contribution < 1.29 is 41.4 Å². The molecule has 0 aliphatic carbocycles. The Hall–Kier alpha value is -2.39. The van der Waals surface area contributed by atoms with E-state index in [-0.39, 0.29) is 29.0 Å². The number of carbonyl (C=O) groups excluding carboxylic acids is 1. The molecule has 1 unspecified atom stereocenters. The number of alkyl halides is 5. The maximum Gasteiger partial charge on any atom is 0.406 e. The number of rotatable bonds is 4. The van der Waals surface area contributed by atoms with Crippen molar-refractivity contribution in [1.29, 1.82) is 0 Å². The summed E-state index contributed by atoms with van der Waals surface area (Å²) in [7, 11) is 0. The number of carboxylic acids is 1. The van der Waals surface area contributed by atoms with Gasteiger partial charge in [0, 0.05) is 18.7 Å². The Balaban J connectivity index is 2.30. The minimum atomic E-state index is -5.01. The van der Waals surface area contributed by atoms with Crippen molar-refractivity contribution >= 4 is 11.9 Å². The minimum Gasteiger partial charge on any atom is -0.481 e. The summed E-state index contributed by atoms with van der Waals surface area (Å²) < 4.78 is 68.8. The van der Waals surface area contributed by atoms with Crippen LogP contribution in [0.4, 0.5) is 22.0 Å². The van der Waals surface area contributed by atoms with Crippen molar-refractivity contribution in [2.24, 2.45) is 5.41 Å². The predicted molar refractivity (Wildman–Crippen MR) is 79.2 cm³/mol. The fraction of sp³-hybridized carbons (Fsp3) is 0.500. The molecule has 0 aromatic heterocycles. The molecule has 1 fully saturated rings. The lowest BCUT2D eigenvalue weighted by molar-refractivity contribution is -0.227. The Morgan fingerprint density at radius 3 is 2.15 bits per heavy atom. The molecule has 26 heavy (non-hydrogen) atoms. The van der Waals surface area contributed by atoms with E-state index >= 15 is 0 Å². The first-order valence-corrected chi connectivity index (χ1v) is 7.54.